The molecule has 7 heteroatoms. The predicted octanol–water partition coefficient (Wildman–Crippen LogP) is 3.43. The summed E-state index contributed by atoms with van der Waals surface area (Å²) in [6, 6.07) is 1.69. The number of aromatic nitrogens is 1. The Balaban J connectivity index is 2.46. The molecule has 0 spiro atoms. The lowest BCUT2D eigenvalue weighted by Gasteiger charge is -2.39. The van der Waals surface area contributed by atoms with Crippen molar-refractivity contribution in [3.63, 3.8) is 0 Å². The molecule has 0 aromatic carbocycles. The van der Waals surface area contributed by atoms with Gasteiger partial charge in [-0.05, 0) is 30.4 Å². The Morgan fingerprint density at radius 3 is 2.57 bits per heavy atom. The molecule has 0 atom stereocenters. The van der Waals surface area contributed by atoms with Gasteiger partial charge in [-0.1, -0.05) is 13.8 Å². The van der Waals surface area contributed by atoms with Crippen LogP contribution in [0.25, 0.3) is 0 Å². The standard InChI is InChI=1S/C14H17F3N2O2/c1-13(2)6-3-7-19(8-13)11-9(12(20)21)4-5-10(18-11)14(15,16)17/h4-5H,3,6-8H2,1-2H3,(H,20,21). The van der Waals surface area contributed by atoms with Gasteiger partial charge >= 0.3 is 12.1 Å². The van der Waals surface area contributed by atoms with E-state index >= 15 is 0 Å². The number of hydrogen-bond donors (Lipinski definition) is 1. The van der Waals surface area contributed by atoms with E-state index in [9.17, 15) is 23.1 Å². The van der Waals surface area contributed by atoms with Crippen molar-refractivity contribution in [1.29, 1.82) is 0 Å². The van der Waals surface area contributed by atoms with Gasteiger partial charge in [-0.15, -0.1) is 0 Å². The van der Waals surface area contributed by atoms with Crippen LogP contribution in [-0.2, 0) is 6.18 Å². The second-order valence-electron chi connectivity index (χ2n) is 6.06. The lowest BCUT2D eigenvalue weighted by molar-refractivity contribution is -0.141. The number of pyridine rings is 1. The molecule has 4 nitrogen and oxygen atoms in total. The monoisotopic (exact) mass is 302 g/mol. The lowest BCUT2D eigenvalue weighted by Crippen LogP contribution is -2.41. The first-order valence-electron chi connectivity index (χ1n) is 6.67. The maximum atomic E-state index is 12.8. The second-order valence-corrected chi connectivity index (χ2v) is 6.06. The molecule has 0 aliphatic carbocycles. The van der Waals surface area contributed by atoms with Crippen LogP contribution in [0.3, 0.4) is 0 Å². The van der Waals surface area contributed by atoms with Gasteiger partial charge in [0.25, 0.3) is 0 Å². The van der Waals surface area contributed by atoms with Crippen LogP contribution in [0.15, 0.2) is 12.1 Å². The van der Waals surface area contributed by atoms with Crippen molar-refractivity contribution in [1.82, 2.24) is 4.98 Å². The van der Waals surface area contributed by atoms with Gasteiger partial charge in [0.1, 0.15) is 17.1 Å². The van der Waals surface area contributed by atoms with Crippen molar-refractivity contribution in [2.75, 3.05) is 18.0 Å². The van der Waals surface area contributed by atoms with E-state index in [2.05, 4.69) is 4.98 Å². The first-order valence-corrected chi connectivity index (χ1v) is 6.67. The third-order valence-electron chi connectivity index (χ3n) is 3.60. The Labute approximate surface area is 120 Å². The summed E-state index contributed by atoms with van der Waals surface area (Å²) in [7, 11) is 0. The molecule has 1 aromatic heterocycles. The largest absolute Gasteiger partial charge is 0.478 e. The fourth-order valence-corrected chi connectivity index (χ4v) is 2.62. The summed E-state index contributed by atoms with van der Waals surface area (Å²) in [5.41, 5.74) is -1.34. The van der Waals surface area contributed by atoms with E-state index in [0.717, 1.165) is 18.9 Å². The zero-order valence-corrected chi connectivity index (χ0v) is 11.9. The summed E-state index contributed by atoms with van der Waals surface area (Å²) in [4.78, 5) is 16.5. The molecule has 1 aromatic rings. The summed E-state index contributed by atoms with van der Waals surface area (Å²) in [5.74, 6) is -1.36. The van der Waals surface area contributed by atoms with Crippen LogP contribution < -0.4 is 4.90 Å². The fraction of sp³-hybridized carbons (Fsp3) is 0.571. The van der Waals surface area contributed by atoms with Gasteiger partial charge in [0.05, 0.1) is 0 Å². The number of nitrogens with zero attached hydrogens (tertiary/aromatic N) is 2. The molecular weight excluding hydrogens is 285 g/mol. The Morgan fingerprint density at radius 1 is 1.38 bits per heavy atom. The third-order valence-corrected chi connectivity index (χ3v) is 3.60. The number of anilines is 1. The highest BCUT2D eigenvalue weighted by atomic mass is 19.4. The van der Waals surface area contributed by atoms with Crippen LogP contribution in [0, 0.1) is 5.41 Å². The molecule has 2 heterocycles. The summed E-state index contributed by atoms with van der Waals surface area (Å²) < 4.78 is 38.4. The SMILES string of the molecule is CC1(C)CCCN(c2nc(C(F)(F)F)ccc2C(=O)O)C1. The maximum Gasteiger partial charge on any atom is 0.433 e. The van der Waals surface area contributed by atoms with Crippen molar-refractivity contribution in [2.45, 2.75) is 32.9 Å². The van der Waals surface area contributed by atoms with E-state index in [1.807, 2.05) is 13.8 Å². The van der Waals surface area contributed by atoms with Crippen LogP contribution in [0.5, 0.6) is 0 Å². The molecule has 1 fully saturated rings. The van der Waals surface area contributed by atoms with Gasteiger partial charge in [0.15, 0.2) is 0 Å². The number of piperidine rings is 1. The minimum absolute atomic E-state index is 0.0794. The number of aromatic carboxylic acids is 1. The third kappa shape index (κ3) is 3.46. The van der Waals surface area contributed by atoms with E-state index in [-0.39, 0.29) is 16.8 Å². The van der Waals surface area contributed by atoms with Gasteiger partial charge in [-0.3, -0.25) is 0 Å². The Morgan fingerprint density at radius 2 is 2.05 bits per heavy atom. The Bertz CT molecular complexity index is 556. The number of alkyl halides is 3. The van der Waals surface area contributed by atoms with Gasteiger partial charge < -0.3 is 10.0 Å². The van der Waals surface area contributed by atoms with Crippen molar-refractivity contribution in [3.05, 3.63) is 23.4 Å². The van der Waals surface area contributed by atoms with E-state index in [1.165, 1.54) is 0 Å². The molecule has 2 rings (SSSR count). The minimum Gasteiger partial charge on any atom is -0.478 e. The minimum atomic E-state index is -4.59. The number of hydrogen-bond acceptors (Lipinski definition) is 3. The first-order chi connectivity index (χ1) is 9.60. The molecule has 0 saturated carbocycles. The topological polar surface area (TPSA) is 53.4 Å². The molecule has 1 aliphatic rings. The number of carbonyl (C=O) groups is 1. The molecule has 116 valence electrons. The summed E-state index contributed by atoms with van der Waals surface area (Å²) in [6.07, 6.45) is -2.84. The van der Waals surface area contributed by atoms with Crippen LogP contribution >= 0.6 is 0 Å². The Hall–Kier alpha value is -1.79. The first kappa shape index (κ1) is 15.6. The summed E-state index contributed by atoms with van der Waals surface area (Å²) in [6.45, 7) is 5.01. The van der Waals surface area contributed by atoms with Crippen LogP contribution in [0.2, 0.25) is 0 Å². The molecular formula is C14H17F3N2O2. The number of rotatable bonds is 2. The molecule has 1 N–H and O–H groups in total. The molecule has 1 saturated heterocycles. The van der Waals surface area contributed by atoms with Gasteiger partial charge in [0.2, 0.25) is 0 Å². The molecule has 0 amide bonds. The average molecular weight is 302 g/mol. The quantitative estimate of drug-likeness (QED) is 0.909. The molecule has 0 bridgehead atoms. The maximum absolute atomic E-state index is 12.8. The molecule has 0 unspecified atom stereocenters. The Kier molecular flexibility index (Phi) is 3.86. The highest BCUT2D eigenvalue weighted by Gasteiger charge is 2.35. The van der Waals surface area contributed by atoms with Crippen LogP contribution in [0.1, 0.15) is 42.7 Å². The normalized spacial score (nSPS) is 18.6. The second kappa shape index (κ2) is 5.20. The number of carboxylic acid groups (broad SMARTS) is 1. The van der Waals surface area contributed by atoms with E-state index in [0.29, 0.717) is 19.2 Å². The fourth-order valence-electron chi connectivity index (χ4n) is 2.62. The molecule has 1 aliphatic heterocycles. The number of carboxylic acids is 1. The van der Waals surface area contributed by atoms with Crippen molar-refractivity contribution in [2.24, 2.45) is 5.41 Å². The zero-order chi connectivity index (χ0) is 15.8. The van der Waals surface area contributed by atoms with Gasteiger partial charge in [-0.25, -0.2) is 9.78 Å². The number of halogens is 3. The van der Waals surface area contributed by atoms with Gasteiger partial charge in [-0.2, -0.15) is 13.2 Å². The highest BCUT2D eigenvalue weighted by Crippen LogP contribution is 2.35. The summed E-state index contributed by atoms with van der Waals surface area (Å²) >= 11 is 0. The smallest absolute Gasteiger partial charge is 0.433 e. The van der Waals surface area contributed by atoms with E-state index < -0.39 is 17.8 Å². The molecule has 0 radical (unpaired) electrons. The van der Waals surface area contributed by atoms with Crippen molar-refractivity contribution >= 4 is 11.8 Å². The van der Waals surface area contributed by atoms with Crippen LogP contribution in [0.4, 0.5) is 19.0 Å². The molecule has 21 heavy (non-hydrogen) atoms. The van der Waals surface area contributed by atoms with Crippen LogP contribution in [-0.4, -0.2) is 29.1 Å². The van der Waals surface area contributed by atoms with Crippen molar-refractivity contribution < 1.29 is 23.1 Å². The predicted molar refractivity (Wildman–Crippen MR) is 71.4 cm³/mol. The van der Waals surface area contributed by atoms with Gasteiger partial charge in [0, 0.05) is 13.1 Å². The summed E-state index contributed by atoms with van der Waals surface area (Å²) in [5, 5.41) is 9.17. The lowest BCUT2D eigenvalue weighted by atomic mass is 9.84. The highest BCUT2D eigenvalue weighted by molar-refractivity contribution is 5.93. The van der Waals surface area contributed by atoms with E-state index in [1.54, 1.807) is 4.90 Å². The van der Waals surface area contributed by atoms with E-state index in [4.69, 9.17) is 0 Å². The van der Waals surface area contributed by atoms with Crippen molar-refractivity contribution in [3.8, 4) is 0 Å². The average Bonchev–Trinajstić information content (AvgIpc) is 2.35. The zero-order valence-electron chi connectivity index (χ0n) is 11.9.